The maximum atomic E-state index is 13.2. The number of esters is 2. The van der Waals surface area contributed by atoms with Gasteiger partial charge in [0.05, 0.1) is 6.61 Å². The van der Waals surface area contributed by atoms with Crippen LogP contribution in [0.4, 0.5) is 0 Å². The quantitative estimate of drug-likeness (QED) is 0.401. The van der Waals surface area contributed by atoms with Crippen molar-refractivity contribution >= 4 is 11.9 Å². The van der Waals surface area contributed by atoms with Gasteiger partial charge in [-0.2, -0.15) is 0 Å². The van der Waals surface area contributed by atoms with Crippen molar-refractivity contribution in [3.8, 4) is 0 Å². The van der Waals surface area contributed by atoms with E-state index in [9.17, 15) is 9.59 Å². The van der Waals surface area contributed by atoms with E-state index in [1.165, 1.54) is 57.8 Å². The fourth-order valence-electron chi connectivity index (χ4n) is 7.41. The second-order valence-corrected chi connectivity index (χ2v) is 10.8. The molecule has 0 aromatic heterocycles. The van der Waals surface area contributed by atoms with Crippen molar-refractivity contribution in [2.75, 3.05) is 6.61 Å². The van der Waals surface area contributed by atoms with Crippen LogP contribution in [0, 0.1) is 35.5 Å². The molecule has 2 atom stereocenters. The van der Waals surface area contributed by atoms with Crippen LogP contribution in [0.2, 0.25) is 0 Å². The highest BCUT2D eigenvalue weighted by Gasteiger charge is 2.62. The molecule has 0 saturated heterocycles. The molecule has 0 aliphatic heterocycles. The van der Waals surface area contributed by atoms with E-state index in [-0.39, 0.29) is 18.2 Å². The summed E-state index contributed by atoms with van der Waals surface area (Å²) in [4.78, 5) is 24.8. The monoisotopic (exact) mass is 414 g/mol. The van der Waals surface area contributed by atoms with E-state index in [1.807, 2.05) is 0 Å². The van der Waals surface area contributed by atoms with E-state index >= 15 is 0 Å². The Hall–Kier alpha value is -1.58. The standard InChI is InChI=1S/C26H38O4/c1-16(2)24(27)29-9-8-18(4)25(28)30-26(21-7-5-6-17(3)10-21)22-12-19-11-20(14-22)15-23(26)13-19/h17,19-23H,1,4-15H2,2-3H3. The molecule has 4 heteroatoms. The van der Waals surface area contributed by atoms with Gasteiger partial charge in [0.2, 0.25) is 0 Å². The summed E-state index contributed by atoms with van der Waals surface area (Å²) in [6.45, 7) is 11.7. The molecule has 0 N–H and O–H groups in total. The Labute approximate surface area is 181 Å². The van der Waals surface area contributed by atoms with Crippen LogP contribution >= 0.6 is 0 Å². The predicted molar refractivity (Wildman–Crippen MR) is 117 cm³/mol. The summed E-state index contributed by atoms with van der Waals surface area (Å²) in [6, 6.07) is 0. The zero-order chi connectivity index (χ0) is 21.5. The Kier molecular flexibility index (Phi) is 6.14. The van der Waals surface area contributed by atoms with Crippen LogP contribution in [0.25, 0.3) is 0 Å². The first kappa shape index (κ1) is 21.6. The summed E-state index contributed by atoms with van der Waals surface area (Å²) < 4.78 is 11.7. The Morgan fingerprint density at radius 3 is 2.10 bits per heavy atom. The molecule has 5 fully saturated rings. The van der Waals surface area contributed by atoms with Gasteiger partial charge in [-0.05, 0) is 87.4 Å². The molecule has 0 amide bonds. The first-order chi connectivity index (χ1) is 14.3. The molecule has 0 heterocycles. The average Bonchev–Trinajstić information content (AvgIpc) is 2.69. The van der Waals surface area contributed by atoms with E-state index in [4.69, 9.17) is 9.47 Å². The zero-order valence-electron chi connectivity index (χ0n) is 18.8. The predicted octanol–water partition coefficient (Wildman–Crippen LogP) is 5.62. The second-order valence-electron chi connectivity index (χ2n) is 10.8. The van der Waals surface area contributed by atoms with Crippen LogP contribution in [-0.2, 0) is 19.1 Å². The fraction of sp³-hybridized carbons (Fsp3) is 0.769. The normalized spacial score (nSPS) is 39.4. The summed E-state index contributed by atoms with van der Waals surface area (Å²) in [5.74, 6) is 3.20. The van der Waals surface area contributed by atoms with Gasteiger partial charge in [0.15, 0.2) is 0 Å². The maximum absolute atomic E-state index is 13.2. The molecule has 5 aliphatic rings. The molecular formula is C26H38O4. The Morgan fingerprint density at radius 1 is 0.900 bits per heavy atom. The van der Waals surface area contributed by atoms with Crippen LogP contribution in [0.5, 0.6) is 0 Å². The van der Waals surface area contributed by atoms with E-state index < -0.39 is 5.97 Å². The number of hydrogen-bond donors (Lipinski definition) is 0. The minimum atomic E-state index is -0.426. The van der Waals surface area contributed by atoms with Gasteiger partial charge in [0.25, 0.3) is 0 Å². The van der Waals surface area contributed by atoms with Gasteiger partial charge in [-0.25, -0.2) is 9.59 Å². The molecule has 5 rings (SSSR count). The van der Waals surface area contributed by atoms with Crippen molar-refractivity contribution in [2.24, 2.45) is 35.5 Å². The van der Waals surface area contributed by atoms with E-state index in [1.54, 1.807) is 6.92 Å². The Morgan fingerprint density at radius 2 is 1.53 bits per heavy atom. The molecule has 5 aliphatic carbocycles. The van der Waals surface area contributed by atoms with Crippen LogP contribution in [0.15, 0.2) is 24.3 Å². The Balaban J connectivity index is 1.48. The highest BCUT2D eigenvalue weighted by atomic mass is 16.6. The van der Waals surface area contributed by atoms with Crippen molar-refractivity contribution in [2.45, 2.75) is 83.7 Å². The third-order valence-electron chi connectivity index (χ3n) is 8.53. The molecule has 4 bridgehead atoms. The Bertz CT molecular complexity index is 693. The smallest absolute Gasteiger partial charge is 0.334 e. The largest absolute Gasteiger partial charge is 0.462 e. The lowest BCUT2D eigenvalue weighted by Crippen LogP contribution is -2.63. The number of carbonyl (C=O) groups excluding carboxylic acids is 2. The summed E-state index contributed by atoms with van der Waals surface area (Å²) in [5.41, 5.74) is 0.486. The molecule has 0 aromatic rings. The van der Waals surface area contributed by atoms with Gasteiger partial charge in [-0.3, -0.25) is 0 Å². The van der Waals surface area contributed by atoms with Gasteiger partial charge in [0, 0.05) is 17.6 Å². The third kappa shape index (κ3) is 3.99. The SMILES string of the molecule is C=C(C)C(=O)OCCC(=C)C(=O)OC1(C2CCCC(C)C2)C2CC3CC(C2)CC1C3. The van der Waals surface area contributed by atoms with Crippen LogP contribution < -0.4 is 0 Å². The van der Waals surface area contributed by atoms with E-state index in [0.29, 0.717) is 41.2 Å². The molecular weight excluding hydrogens is 376 g/mol. The number of carbonyl (C=O) groups is 2. The van der Waals surface area contributed by atoms with Crippen molar-refractivity contribution < 1.29 is 19.1 Å². The minimum Gasteiger partial charge on any atom is -0.462 e. The minimum absolute atomic E-state index is 0.143. The molecule has 0 spiro atoms. The molecule has 0 radical (unpaired) electrons. The summed E-state index contributed by atoms with van der Waals surface area (Å²) in [7, 11) is 0. The van der Waals surface area contributed by atoms with Crippen LogP contribution in [0.1, 0.15) is 78.1 Å². The van der Waals surface area contributed by atoms with Crippen LogP contribution in [0.3, 0.4) is 0 Å². The van der Waals surface area contributed by atoms with Crippen molar-refractivity contribution in [1.82, 2.24) is 0 Å². The maximum Gasteiger partial charge on any atom is 0.334 e. The highest BCUT2D eigenvalue weighted by molar-refractivity contribution is 5.89. The molecule has 5 saturated carbocycles. The number of rotatable bonds is 7. The number of ether oxygens (including phenoxy) is 2. The van der Waals surface area contributed by atoms with Gasteiger partial charge in [-0.1, -0.05) is 32.9 Å². The molecule has 166 valence electrons. The van der Waals surface area contributed by atoms with Crippen molar-refractivity contribution in [3.63, 3.8) is 0 Å². The first-order valence-corrected chi connectivity index (χ1v) is 12.0. The van der Waals surface area contributed by atoms with Gasteiger partial charge >= 0.3 is 11.9 Å². The second kappa shape index (κ2) is 8.51. The molecule has 4 nitrogen and oxygen atoms in total. The highest BCUT2D eigenvalue weighted by Crippen LogP contribution is 2.63. The zero-order valence-corrected chi connectivity index (χ0v) is 18.8. The summed E-state index contributed by atoms with van der Waals surface area (Å²) in [6.07, 6.45) is 11.5. The lowest BCUT2D eigenvalue weighted by Gasteiger charge is -2.63. The van der Waals surface area contributed by atoms with E-state index in [2.05, 4.69) is 20.1 Å². The molecule has 2 unspecified atom stereocenters. The summed E-state index contributed by atoms with van der Waals surface area (Å²) >= 11 is 0. The van der Waals surface area contributed by atoms with Gasteiger partial charge in [-0.15, -0.1) is 0 Å². The fourth-order valence-corrected chi connectivity index (χ4v) is 7.41. The molecule has 0 aromatic carbocycles. The average molecular weight is 415 g/mol. The van der Waals surface area contributed by atoms with Gasteiger partial charge < -0.3 is 9.47 Å². The van der Waals surface area contributed by atoms with Gasteiger partial charge in [0.1, 0.15) is 5.60 Å². The summed E-state index contributed by atoms with van der Waals surface area (Å²) in [5, 5.41) is 0. The molecule has 30 heavy (non-hydrogen) atoms. The van der Waals surface area contributed by atoms with Crippen molar-refractivity contribution in [1.29, 1.82) is 0 Å². The third-order valence-corrected chi connectivity index (χ3v) is 8.53. The topological polar surface area (TPSA) is 52.6 Å². The van der Waals surface area contributed by atoms with Crippen molar-refractivity contribution in [3.05, 3.63) is 24.3 Å². The lowest BCUT2D eigenvalue weighted by atomic mass is 9.46. The lowest BCUT2D eigenvalue weighted by molar-refractivity contribution is -0.231. The first-order valence-electron chi connectivity index (χ1n) is 12.0. The van der Waals surface area contributed by atoms with E-state index in [0.717, 1.165) is 11.8 Å². The number of hydrogen-bond acceptors (Lipinski definition) is 4. The van der Waals surface area contributed by atoms with Crippen LogP contribution in [-0.4, -0.2) is 24.1 Å².